The van der Waals surface area contributed by atoms with Gasteiger partial charge in [0.1, 0.15) is 6.23 Å². The highest BCUT2D eigenvalue weighted by Gasteiger charge is 2.32. The highest BCUT2D eigenvalue weighted by Crippen LogP contribution is 2.33. The van der Waals surface area contributed by atoms with Crippen molar-refractivity contribution in [2.75, 3.05) is 33.0 Å². The fourth-order valence-electron chi connectivity index (χ4n) is 4.11. The van der Waals surface area contributed by atoms with E-state index >= 15 is 0 Å². The van der Waals surface area contributed by atoms with Crippen LogP contribution in [0, 0.1) is 0 Å². The fourth-order valence-corrected chi connectivity index (χ4v) is 4.11. The lowest BCUT2D eigenvalue weighted by Crippen LogP contribution is -2.47. The van der Waals surface area contributed by atoms with Gasteiger partial charge in [0.25, 0.3) is 5.91 Å². The minimum absolute atomic E-state index is 0.00495. The number of hydrogen-bond donors (Lipinski definition) is 3. The predicted octanol–water partition coefficient (Wildman–Crippen LogP) is 1.17. The molecule has 1 aromatic heterocycles. The lowest BCUT2D eigenvalue weighted by molar-refractivity contribution is -0.139. The minimum Gasteiger partial charge on any atom is -0.454 e. The number of fused-ring (bicyclic) bond motifs is 2. The Morgan fingerprint density at radius 2 is 1.85 bits per heavy atom. The molecule has 3 aromatic rings. The summed E-state index contributed by atoms with van der Waals surface area (Å²) in [5.41, 5.74) is 2.52. The third-order valence-electron chi connectivity index (χ3n) is 5.87. The van der Waals surface area contributed by atoms with E-state index in [0.717, 1.165) is 16.5 Å². The number of aromatic nitrogens is 1. The number of hydrogen-bond acceptors (Lipinski definition) is 6. The number of carbonyl (C=O) groups excluding carboxylic acids is 3. The molecule has 0 spiro atoms. The van der Waals surface area contributed by atoms with Crippen molar-refractivity contribution < 1.29 is 28.6 Å². The monoisotopic (exact) mass is 464 g/mol. The Morgan fingerprint density at radius 1 is 1.03 bits per heavy atom. The molecule has 0 bridgehead atoms. The Labute approximate surface area is 195 Å². The summed E-state index contributed by atoms with van der Waals surface area (Å²) >= 11 is 0. The summed E-state index contributed by atoms with van der Waals surface area (Å²) in [6, 6.07) is 12.9. The van der Waals surface area contributed by atoms with Crippen molar-refractivity contribution in [2.24, 2.45) is 0 Å². The van der Waals surface area contributed by atoms with Crippen molar-refractivity contribution in [2.45, 2.75) is 12.6 Å². The average Bonchev–Trinajstić information content (AvgIpc) is 3.61. The predicted molar refractivity (Wildman–Crippen MR) is 121 cm³/mol. The standard InChI is InChI=1S/C24H24N4O6/c29-22(25-8-7-16-12-26-18-4-2-1-3-17(16)18)23(30)27-13-21-28(9-10-32-21)24(31)15-5-6-19-20(11-15)34-14-33-19/h1-6,11-12,21,26H,7-10,13-14H2,(H,25,29)(H,27,30). The molecule has 0 aliphatic carbocycles. The van der Waals surface area contributed by atoms with Crippen LogP contribution in [-0.2, 0) is 20.7 Å². The molecule has 3 amide bonds. The van der Waals surface area contributed by atoms with Crippen LogP contribution in [0.2, 0.25) is 0 Å². The number of aromatic amines is 1. The van der Waals surface area contributed by atoms with Gasteiger partial charge in [0, 0.05) is 35.8 Å². The second kappa shape index (κ2) is 9.44. The first-order valence-electron chi connectivity index (χ1n) is 11.0. The van der Waals surface area contributed by atoms with Gasteiger partial charge in [-0.1, -0.05) is 18.2 Å². The number of carbonyl (C=O) groups is 3. The number of benzene rings is 2. The summed E-state index contributed by atoms with van der Waals surface area (Å²) in [7, 11) is 0. The zero-order valence-electron chi connectivity index (χ0n) is 18.3. The van der Waals surface area contributed by atoms with Gasteiger partial charge in [0.2, 0.25) is 6.79 Å². The van der Waals surface area contributed by atoms with Gasteiger partial charge in [0.15, 0.2) is 11.5 Å². The average molecular weight is 464 g/mol. The molecule has 3 N–H and O–H groups in total. The smallest absolute Gasteiger partial charge is 0.309 e. The summed E-state index contributed by atoms with van der Waals surface area (Å²) in [6.45, 7) is 1.17. The molecule has 176 valence electrons. The summed E-state index contributed by atoms with van der Waals surface area (Å²) < 4.78 is 16.2. The summed E-state index contributed by atoms with van der Waals surface area (Å²) in [4.78, 5) is 42.1. The Morgan fingerprint density at radius 3 is 2.76 bits per heavy atom. The molecule has 2 aliphatic heterocycles. The van der Waals surface area contributed by atoms with E-state index in [0.29, 0.717) is 43.2 Å². The van der Waals surface area contributed by atoms with Crippen LogP contribution in [-0.4, -0.2) is 66.9 Å². The first-order valence-corrected chi connectivity index (χ1v) is 11.0. The molecule has 1 fully saturated rings. The van der Waals surface area contributed by atoms with Crippen molar-refractivity contribution in [3.05, 3.63) is 59.8 Å². The first kappa shape index (κ1) is 21.8. The molecule has 10 heteroatoms. The lowest BCUT2D eigenvalue weighted by Gasteiger charge is -2.23. The van der Waals surface area contributed by atoms with E-state index in [4.69, 9.17) is 14.2 Å². The van der Waals surface area contributed by atoms with Gasteiger partial charge in [-0.25, -0.2) is 0 Å². The quantitative estimate of drug-likeness (QED) is 0.471. The summed E-state index contributed by atoms with van der Waals surface area (Å²) in [5.74, 6) is -0.650. The van der Waals surface area contributed by atoms with Gasteiger partial charge in [-0.15, -0.1) is 0 Å². The van der Waals surface area contributed by atoms with Crippen LogP contribution in [0.4, 0.5) is 0 Å². The van der Waals surface area contributed by atoms with Crippen LogP contribution < -0.4 is 20.1 Å². The van der Waals surface area contributed by atoms with Gasteiger partial charge < -0.3 is 34.7 Å². The molecule has 10 nitrogen and oxygen atoms in total. The van der Waals surface area contributed by atoms with Crippen molar-refractivity contribution in [3.8, 4) is 11.5 Å². The number of nitrogens with zero attached hydrogens (tertiary/aromatic N) is 1. The zero-order chi connectivity index (χ0) is 23.5. The highest BCUT2D eigenvalue weighted by molar-refractivity contribution is 6.35. The SMILES string of the molecule is O=C(NCCc1c[nH]c2ccccc12)C(=O)NCC1OCCN1C(=O)c1ccc2c(c1)OCO2. The fraction of sp³-hybridized carbons (Fsp3) is 0.292. The van der Waals surface area contributed by atoms with Gasteiger partial charge in [-0.3, -0.25) is 14.4 Å². The molecular formula is C24H24N4O6. The second-order valence-corrected chi connectivity index (χ2v) is 7.97. The summed E-state index contributed by atoms with van der Waals surface area (Å²) in [6.07, 6.45) is 1.83. The Balaban J connectivity index is 1.11. The van der Waals surface area contributed by atoms with Crippen LogP contribution in [0.15, 0.2) is 48.7 Å². The molecule has 0 saturated carbocycles. The van der Waals surface area contributed by atoms with Crippen molar-refractivity contribution in [1.29, 1.82) is 0 Å². The highest BCUT2D eigenvalue weighted by atomic mass is 16.7. The van der Waals surface area contributed by atoms with E-state index in [1.165, 1.54) is 4.90 Å². The van der Waals surface area contributed by atoms with Crippen molar-refractivity contribution in [1.82, 2.24) is 20.5 Å². The maximum atomic E-state index is 12.9. The van der Waals surface area contributed by atoms with Crippen LogP contribution in [0.3, 0.4) is 0 Å². The van der Waals surface area contributed by atoms with Crippen LogP contribution >= 0.6 is 0 Å². The van der Waals surface area contributed by atoms with Crippen molar-refractivity contribution in [3.63, 3.8) is 0 Å². The Hall–Kier alpha value is -4.05. The molecule has 1 saturated heterocycles. The second-order valence-electron chi connectivity index (χ2n) is 7.97. The normalized spacial score (nSPS) is 16.6. The van der Waals surface area contributed by atoms with E-state index < -0.39 is 18.0 Å². The molecule has 5 rings (SSSR count). The number of ether oxygens (including phenoxy) is 3. The third-order valence-corrected chi connectivity index (χ3v) is 5.87. The van der Waals surface area contributed by atoms with E-state index in [2.05, 4.69) is 15.6 Å². The van der Waals surface area contributed by atoms with Crippen molar-refractivity contribution >= 4 is 28.6 Å². The first-order chi connectivity index (χ1) is 16.6. The largest absolute Gasteiger partial charge is 0.454 e. The molecule has 1 atom stereocenters. The molecule has 34 heavy (non-hydrogen) atoms. The van der Waals surface area contributed by atoms with Gasteiger partial charge in [-0.05, 0) is 36.2 Å². The lowest BCUT2D eigenvalue weighted by atomic mass is 10.1. The van der Waals surface area contributed by atoms with E-state index in [9.17, 15) is 14.4 Å². The Bertz CT molecular complexity index is 1240. The van der Waals surface area contributed by atoms with Gasteiger partial charge in [0.05, 0.1) is 13.2 Å². The molecule has 2 aliphatic rings. The Kier molecular flexibility index (Phi) is 6.05. The number of nitrogens with one attached hydrogen (secondary N) is 3. The molecule has 3 heterocycles. The molecule has 2 aromatic carbocycles. The minimum atomic E-state index is -0.773. The zero-order valence-corrected chi connectivity index (χ0v) is 18.3. The van der Waals surface area contributed by atoms with Gasteiger partial charge >= 0.3 is 11.8 Å². The number of rotatable bonds is 6. The topological polar surface area (TPSA) is 122 Å². The van der Waals surface area contributed by atoms with E-state index in [1.807, 2.05) is 30.5 Å². The maximum absolute atomic E-state index is 12.9. The van der Waals surface area contributed by atoms with Crippen LogP contribution in [0.1, 0.15) is 15.9 Å². The van der Waals surface area contributed by atoms with E-state index in [-0.39, 0.29) is 19.2 Å². The molecular weight excluding hydrogens is 440 g/mol. The number of H-pyrrole nitrogens is 1. The van der Waals surface area contributed by atoms with Crippen LogP contribution in [0.25, 0.3) is 10.9 Å². The van der Waals surface area contributed by atoms with Crippen LogP contribution in [0.5, 0.6) is 11.5 Å². The van der Waals surface area contributed by atoms with Gasteiger partial charge in [-0.2, -0.15) is 0 Å². The maximum Gasteiger partial charge on any atom is 0.309 e. The number of amides is 3. The van der Waals surface area contributed by atoms with E-state index in [1.54, 1.807) is 18.2 Å². The molecule has 0 radical (unpaired) electrons. The number of para-hydroxylation sites is 1. The molecule has 1 unspecified atom stereocenters. The summed E-state index contributed by atoms with van der Waals surface area (Å²) in [5, 5.41) is 6.28. The third kappa shape index (κ3) is 4.40.